The first-order valence-electron chi connectivity index (χ1n) is 9.58. The summed E-state index contributed by atoms with van der Waals surface area (Å²) in [5.74, 6) is -0.0926. The molecule has 0 spiro atoms. The predicted octanol–water partition coefficient (Wildman–Crippen LogP) is 2.35. The monoisotopic (exact) mass is 359 g/mol. The number of piperidine rings is 1. The van der Waals surface area contributed by atoms with Crippen molar-refractivity contribution in [3.8, 4) is 0 Å². The van der Waals surface area contributed by atoms with E-state index < -0.39 is 0 Å². The Kier molecular flexibility index (Phi) is 5.74. The zero-order chi connectivity index (χ0) is 18.6. The first-order chi connectivity index (χ1) is 12.5. The van der Waals surface area contributed by atoms with Gasteiger partial charge in [-0.05, 0) is 31.1 Å². The van der Waals surface area contributed by atoms with E-state index in [-0.39, 0.29) is 29.4 Å². The van der Waals surface area contributed by atoms with Crippen molar-refractivity contribution in [2.24, 2.45) is 5.41 Å². The second-order valence-corrected chi connectivity index (χ2v) is 8.06. The first kappa shape index (κ1) is 18.6. The molecular weight excluding hydrogens is 330 g/mol. The lowest BCUT2D eigenvalue weighted by molar-refractivity contribution is 0.0701. The summed E-state index contributed by atoms with van der Waals surface area (Å²) in [6.45, 7) is 5.70. The largest absolute Gasteiger partial charge is 0.337 e. The number of amides is 3. The summed E-state index contributed by atoms with van der Waals surface area (Å²) < 4.78 is 0. The van der Waals surface area contributed by atoms with Crippen LogP contribution in [0.1, 0.15) is 62.9 Å². The molecule has 2 aliphatic rings. The van der Waals surface area contributed by atoms with Crippen LogP contribution in [0.4, 0.5) is 4.79 Å². The highest BCUT2D eigenvalue weighted by atomic mass is 16.2. The Labute approximate surface area is 155 Å². The minimum atomic E-state index is -0.0926. The highest BCUT2D eigenvalue weighted by Gasteiger charge is 2.33. The normalized spacial score (nSPS) is 23.3. The van der Waals surface area contributed by atoms with E-state index in [0.717, 1.165) is 25.7 Å². The second kappa shape index (κ2) is 8.01. The van der Waals surface area contributed by atoms with E-state index in [4.69, 9.17) is 0 Å². The molecule has 26 heavy (non-hydrogen) atoms. The van der Waals surface area contributed by atoms with Crippen LogP contribution >= 0.6 is 0 Å². The highest BCUT2D eigenvalue weighted by Crippen LogP contribution is 2.35. The van der Waals surface area contributed by atoms with Crippen LogP contribution in [0.15, 0.2) is 18.6 Å². The Hall–Kier alpha value is -2.18. The third kappa shape index (κ3) is 4.51. The molecule has 0 unspecified atom stereocenters. The summed E-state index contributed by atoms with van der Waals surface area (Å²) >= 11 is 0. The third-order valence-electron chi connectivity index (χ3n) is 5.71. The van der Waals surface area contributed by atoms with E-state index in [1.54, 1.807) is 11.1 Å². The molecule has 7 nitrogen and oxygen atoms in total. The van der Waals surface area contributed by atoms with Gasteiger partial charge in [-0.2, -0.15) is 0 Å². The van der Waals surface area contributed by atoms with Crippen LogP contribution in [0.3, 0.4) is 0 Å². The number of hydrogen-bond donors (Lipinski definition) is 2. The number of nitrogens with zero attached hydrogens (tertiary/aromatic N) is 3. The predicted molar refractivity (Wildman–Crippen MR) is 98.7 cm³/mol. The number of rotatable bonds is 3. The Morgan fingerprint density at radius 3 is 2.54 bits per heavy atom. The molecule has 3 rings (SSSR count). The van der Waals surface area contributed by atoms with E-state index in [9.17, 15) is 9.59 Å². The van der Waals surface area contributed by atoms with Crippen molar-refractivity contribution in [1.29, 1.82) is 0 Å². The summed E-state index contributed by atoms with van der Waals surface area (Å²) in [4.78, 5) is 34.6. The average Bonchev–Trinajstić information content (AvgIpc) is 2.64. The maximum Gasteiger partial charge on any atom is 0.315 e. The van der Waals surface area contributed by atoms with Crippen LogP contribution in [0.2, 0.25) is 0 Å². The molecule has 1 aliphatic heterocycles. The van der Waals surface area contributed by atoms with E-state index in [1.165, 1.54) is 25.2 Å². The summed E-state index contributed by atoms with van der Waals surface area (Å²) in [5.41, 5.74) is 0.526. The molecular formula is C19H29N5O2. The van der Waals surface area contributed by atoms with Gasteiger partial charge in [-0.15, -0.1) is 0 Å². The quantitative estimate of drug-likeness (QED) is 0.867. The fourth-order valence-electron chi connectivity index (χ4n) is 3.95. The number of hydrogen-bond acceptors (Lipinski definition) is 4. The van der Waals surface area contributed by atoms with Gasteiger partial charge >= 0.3 is 6.03 Å². The number of carbonyl (C=O) groups excluding carboxylic acids is 2. The Balaban J connectivity index is 1.45. The minimum absolute atomic E-state index is 0.0799. The molecule has 2 fully saturated rings. The molecule has 1 atom stereocenters. The molecule has 2 heterocycles. The summed E-state index contributed by atoms with van der Waals surface area (Å²) in [5, 5.41) is 6.25. The Morgan fingerprint density at radius 1 is 1.12 bits per heavy atom. The van der Waals surface area contributed by atoms with Gasteiger partial charge in [0, 0.05) is 37.6 Å². The SMILES string of the molecule is CC1(C)CCCC[C@@H]1NC(=O)NC1CCN(C(=O)c2cnccn2)CC1. The molecule has 1 saturated carbocycles. The maximum atomic E-state index is 12.4. The number of carbonyl (C=O) groups is 2. The van der Waals surface area contributed by atoms with E-state index in [2.05, 4.69) is 34.4 Å². The van der Waals surface area contributed by atoms with Gasteiger partial charge in [0.25, 0.3) is 5.91 Å². The molecule has 1 aliphatic carbocycles. The standard InChI is InChI=1S/C19H29N5O2/c1-19(2)8-4-3-5-16(19)23-18(26)22-14-6-11-24(12-7-14)17(25)15-13-20-9-10-21-15/h9-10,13-14,16H,3-8,11-12H2,1-2H3,(H2,22,23,26)/t16-/m0/s1. The van der Waals surface area contributed by atoms with Crippen LogP contribution in [-0.2, 0) is 0 Å². The molecule has 142 valence electrons. The molecule has 1 saturated heterocycles. The third-order valence-corrected chi connectivity index (χ3v) is 5.71. The zero-order valence-corrected chi connectivity index (χ0v) is 15.7. The second-order valence-electron chi connectivity index (χ2n) is 8.06. The Bertz CT molecular complexity index is 626. The molecule has 1 aromatic rings. The van der Waals surface area contributed by atoms with Crippen LogP contribution in [0.25, 0.3) is 0 Å². The summed E-state index contributed by atoms with van der Waals surface area (Å²) in [6, 6.07) is 0.255. The maximum absolute atomic E-state index is 12.4. The topological polar surface area (TPSA) is 87.2 Å². The molecule has 0 radical (unpaired) electrons. The fourth-order valence-corrected chi connectivity index (χ4v) is 3.95. The average molecular weight is 359 g/mol. The van der Waals surface area contributed by atoms with Crippen LogP contribution in [-0.4, -0.2) is 52.0 Å². The van der Waals surface area contributed by atoms with Gasteiger partial charge < -0.3 is 15.5 Å². The molecule has 2 N–H and O–H groups in total. The number of urea groups is 1. The van der Waals surface area contributed by atoms with Crippen molar-refractivity contribution in [1.82, 2.24) is 25.5 Å². The molecule has 0 bridgehead atoms. The fraction of sp³-hybridized carbons (Fsp3) is 0.684. The van der Waals surface area contributed by atoms with Crippen LogP contribution in [0, 0.1) is 5.41 Å². The molecule has 3 amide bonds. The number of nitrogens with one attached hydrogen (secondary N) is 2. The smallest absolute Gasteiger partial charge is 0.315 e. The summed E-state index contributed by atoms with van der Waals surface area (Å²) in [6.07, 6.45) is 10.7. The van der Waals surface area contributed by atoms with Gasteiger partial charge in [0.1, 0.15) is 5.69 Å². The highest BCUT2D eigenvalue weighted by molar-refractivity contribution is 5.92. The lowest BCUT2D eigenvalue weighted by Crippen LogP contribution is -2.54. The van der Waals surface area contributed by atoms with E-state index in [1.807, 2.05) is 0 Å². The molecule has 0 aromatic carbocycles. The summed E-state index contributed by atoms with van der Waals surface area (Å²) in [7, 11) is 0. The lowest BCUT2D eigenvalue weighted by Gasteiger charge is -2.39. The molecule has 1 aromatic heterocycles. The van der Waals surface area contributed by atoms with Gasteiger partial charge in [-0.1, -0.05) is 26.7 Å². The van der Waals surface area contributed by atoms with Crippen molar-refractivity contribution >= 4 is 11.9 Å². The van der Waals surface area contributed by atoms with Crippen LogP contribution < -0.4 is 10.6 Å². The van der Waals surface area contributed by atoms with Crippen LogP contribution in [0.5, 0.6) is 0 Å². The Morgan fingerprint density at radius 2 is 1.88 bits per heavy atom. The molecule has 7 heteroatoms. The number of likely N-dealkylation sites (tertiary alicyclic amines) is 1. The minimum Gasteiger partial charge on any atom is -0.337 e. The van der Waals surface area contributed by atoms with Gasteiger partial charge in [0.15, 0.2) is 0 Å². The van der Waals surface area contributed by atoms with E-state index in [0.29, 0.717) is 18.8 Å². The zero-order valence-electron chi connectivity index (χ0n) is 15.7. The van der Waals surface area contributed by atoms with E-state index >= 15 is 0 Å². The van der Waals surface area contributed by atoms with Gasteiger partial charge in [0.2, 0.25) is 0 Å². The van der Waals surface area contributed by atoms with Gasteiger partial charge in [-0.25, -0.2) is 9.78 Å². The first-order valence-corrected chi connectivity index (χ1v) is 9.58. The lowest BCUT2D eigenvalue weighted by atomic mass is 9.73. The number of aromatic nitrogens is 2. The van der Waals surface area contributed by atoms with Crippen molar-refractivity contribution in [3.05, 3.63) is 24.3 Å². The van der Waals surface area contributed by atoms with Gasteiger partial charge in [0.05, 0.1) is 6.20 Å². The van der Waals surface area contributed by atoms with Crippen molar-refractivity contribution in [2.75, 3.05) is 13.1 Å². The van der Waals surface area contributed by atoms with Crippen molar-refractivity contribution in [2.45, 2.75) is 64.5 Å². The van der Waals surface area contributed by atoms with Crippen molar-refractivity contribution < 1.29 is 9.59 Å². The van der Waals surface area contributed by atoms with Crippen molar-refractivity contribution in [3.63, 3.8) is 0 Å². The van der Waals surface area contributed by atoms with Gasteiger partial charge in [-0.3, -0.25) is 9.78 Å².